The molecule has 1 aromatic heterocycles. The van der Waals surface area contributed by atoms with Crippen molar-refractivity contribution < 1.29 is 30.2 Å². The Kier molecular flexibility index (Phi) is 2.96. The molecule has 1 N–H and O–H groups in total. The van der Waals surface area contributed by atoms with Gasteiger partial charge >= 0.3 is 15.6 Å². The van der Waals surface area contributed by atoms with Gasteiger partial charge in [-0.25, -0.2) is 4.39 Å². The van der Waals surface area contributed by atoms with Crippen molar-refractivity contribution in [1.29, 1.82) is 0 Å². The van der Waals surface area contributed by atoms with E-state index < -0.39 is 27.2 Å². The fourth-order valence-electron chi connectivity index (χ4n) is 1.54. The van der Waals surface area contributed by atoms with Crippen molar-refractivity contribution in [2.75, 3.05) is 0 Å². The number of nitrogens with one attached hydrogen (secondary N) is 1. The van der Waals surface area contributed by atoms with Crippen LogP contribution in [0.1, 0.15) is 5.69 Å². The average Bonchev–Trinajstić information content (AvgIpc) is 2.56. The molecule has 2 rings (SSSR count). The quantitative estimate of drug-likeness (QED) is 0.527. The molecule has 19 heavy (non-hydrogen) atoms. The zero-order chi connectivity index (χ0) is 14.4. The lowest BCUT2D eigenvalue weighted by atomic mass is 10.2. The summed E-state index contributed by atoms with van der Waals surface area (Å²) in [5.74, 6) is -1.64. The minimum atomic E-state index is -5.81. The summed E-state index contributed by atoms with van der Waals surface area (Å²) in [7, 11) is -5.81. The number of fused-ring (bicyclic) bond motifs is 1. The molecule has 0 unspecified atom stereocenters. The standard InChI is InChI=1S/C10H7F4NO3S/c1-5-2-6-3-7(4-8(11)9(6)15-5)18-19(16,17)10(12,13)14/h2-4,15H,1H3. The van der Waals surface area contributed by atoms with Crippen LogP contribution in [0.2, 0.25) is 0 Å². The third-order valence-corrected chi connectivity index (χ3v) is 3.26. The molecule has 1 aromatic carbocycles. The van der Waals surface area contributed by atoms with E-state index in [0.29, 0.717) is 11.8 Å². The summed E-state index contributed by atoms with van der Waals surface area (Å²) < 4.78 is 75.4. The van der Waals surface area contributed by atoms with Gasteiger partial charge in [0.25, 0.3) is 0 Å². The number of hydrogen-bond donors (Lipinski definition) is 1. The predicted molar refractivity (Wildman–Crippen MR) is 58.6 cm³/mol. The lowest BCUT2D eigenvalue weighted by molar-refractivity contribution is -0.0500. The van der Waals surface area contributed by atoms with Gasteiger partial charge in [0, 0.05) is 17.1 Å². The predicted octanol–water partition coefficient (Wildman–Crippen LogP) is 2.84. The van der Waals surface area contributed by atoms with Gasteiger partial charge in [0.1, 0.15) is 5.75 Å². The summed E-state index contributed by atoms with van der Waals surface area (Å²) in [5.41, 5.74) is -4.93. The Balaban J connectivity index is 2.48. The first-order valence-electron chi connectivity index (χ1n) is 4.90. The molecule has 0 amide bonds. The Morgan fingerprint density at radius 1 is 1.21 bits per heavy atom. The van der Waals surface area contributed by atoms with E-state index in [2.05, 4.69) is 9.17 Å². The molecule has 0 aliphatic rings. The number of rotatable bonds is 2. The summed E-state index contributed by atoms with van der Waals surface area (Å²) in [6.07, 6.45) is 0. The van der Waals surface area contributed by atoms with E-state index in [0.717, 1.165) is 6.07 Å². The van der Waals surface area contributed by atoms with E-state index in [1.54, 1.807) is 6.92 Å². The molecule has 0 saturated heterocycles. The number of aromatic nitrogens is 1. The largest absolute Gasteiger partial charge is 0.534 e. The maximum absolute atomic E-state index is 13.5. The molecule has 0 aliphatic carbocycles. The molecular formula is C10H7F4NO3S. The van der Waals surface area contributed by atoms with E-state index in [-0.39, 0.29) is 10.9 Å². The summed E-state index contributed by atoms with van der Waals surface area (Å²) in [6.45, 7) is 1.62. The maximum Gasteiger partial charge on any atom is 0.534 e. The molecule has 0 fully saturated rings. The third kappa shape index (κ3) is 2.50. The van der Waals surface area contributed by atoms with Crippen LogP contribution in [0.15, 0.2) is 18.2 Å². The van der Waals surface area contributed by atoms with Crippen LogP contribution in [0.4, 0.5) is 17.6 Å². The van der Waals surface area contributed by atoms with Gasteiger partial charge in [0.05, 0.1) is 5.52 Å². The Labute approximate surface area is 105 Å². The van der Waals surface area contributed by atoms with Gasteiger partial charge < -0.3 is 9.17 Å². The highest BCUT2D eigenvalue weighted by Gasteiger charge is 2.48. The van der Waals surface area contributed by atoms with Gasteiger partial charge in [-0.3, -0.25) is 0 Å². The van der Waals surface area contributed by atoms with Crippen LogP contribution in [0.5, 0.6) is 5.75 Å². The molecule has 1 heterocycles. The molecule has 0 aliphatic heterocycles. The minimum Gasteiger partial charge on any atom is -0.376 e. The number of alkyl halides is 3. The average molecular weight is 297 g/mol. The molecule has 104 valence electrons. The first-order valence-corrected chi connectivity index (χ1v) is 6.30. The van der Waals surface area contributed by atoms with Crippen molar-refractivity contribution in [1.82, 2.24) is 4.98 Å². The number of aryl methyl sites for hydroxylation is 1. The van der Waals surface area contributed by atoms with E-state index >= 15 is 0 Å². The number of hydrogen-bond acceptors (Lipinski definition) is 3. The Hall–Kier alpha value is -1.77. The first kappa shape index (κ1) is 13.7. The van der Waals surface area contributed by atoms with Crippen molar-refractivity contribution in [2.24, 2.45) is 0 Å². The number of aromatic amines is 1. The van der Waals surface area contributed by atoms with Crippen LogP contribution in [-0.4, -0.2) is 18.9 Å². The van der Waals surface area contributed by atoms with Gasteiger partial charge in [-0.15, -0.1) is 0 Å². The van der Waals surface area contributed by atoms with E-state index in [4.69, 9.17) is 0 Å². The highest BCUT2D eigenvalue weighted by molar-refractivity contribution is 7.88. The molecule has 4 nitrogen and oxygen atoms in total. The first-order chi connectivity index (χ1) is 8.60. The second kappa shape index (κ2) is 4.12. The smallest absolute Gasteiger partial charge is 0.376 e. The summed E-state index contributed by atoms with van der Waals surface area (Å²) in [5, 5.41) is 0.213. The van der Waals surface area contributed by atoms with Gasteiger partial charge in [-0.05, 0) is 19.1 Å². The summed E-state index contributed by atoms with van der Waals surface area (Å²) >= 11 is 0. The van der Waals surface area contributed by atoms with Gasteiger partial charge in [-0.2, -0.15) is 21.6 Å². The summed E-state index contributed by atoms with van der Waals surface area (Å²) in [4.78, 5) is 2.64. The van der Waals surface area contributed by atoms with Crippen molar-refractivity contribution in [2.45, 2.75) is 12.4 Å². The highest BCUT2D eigenvalue weighted by atomic mass is 32.2. The van der Waals surface area contributed by atoms with Crippen molar-refractivity contribution in [3.63, 3.8) is 0 Å². The van der Waals surface area contributed by atoms with Crippen molar-refractivity contribution >= 4 is 21.0 Å². The Morgan fingerprint density at radius 3 is 2.42 bits per heavy atom. The van der Waals surface area contributed by atoms with Crippen LogP contribution in [-0.2, 0) is 10.1 Å². The molecule has 0 saturated carbocycles. The fraction of sp³-hybridized carbons (Fsp3) is 0.200. The monoisotopic (exact) mass is 297 g/mol. The summed E-state index contributed by atoms with van der Waals surface area (Å²) in [6, 6.07) is 3.03. The third-order valence-electron chi connectivity index (χ3n) is 2.28. The molecule has 0 spiro atoms. The van der Waals surface area contributed by atoms with Crippen molar-refractivity contribution in [3.05, 3.63) is 29.7 Å². The van der Waals surface area contributed by atoms with Crippen molar-refractivity contribution in [3.8, 4) is 5.75 Å². The SMILES string of the molecule is Cc1cc2cc(OS(=O)(=O)C(F)(F)F)cc(F)c2[nH]1. The molecule has 2 aromatic rings. The van der Waals surface area contributed by atoms with Gasteiger partial charge in [0.15, 0.2) is 5.82 Å². The van der Waals surface area contributed by atoms with E-state index in [1.807, 2.05) is 0 Å². The maximum atomic E-state index is 13.5. The zero-order valence-electron chi connectivity index (χ0n) is 9.38. The fourth-order valence-corrected chi connectivity index (χ4v) is 1.98. The normalized spacial score (nSPS) is 12.9. The second-order valence-electron chi connectivity index (χ2n) is 3.80. The highest BCUT2D eigenvalue weighted by Crippen LogP contribution is 2.30. The zero-order valence-corrected chi connectivity index (χ0v) is 10.2. The van der Waals surface area contributed by atoms with Crippen LogP contribution < -0.4 is 4.18 Å². The van der Waals surface area contributed by atoms with E-state index in [9.17, 15) is 26.0 Å². The minimum absolute atomic E-state index is 0.0641. The lowest BCUT2D eigenvalue weighted by Gasteiger charge is -2.09. The molecule has 9 heteroatoms. The molecule has 0 bridgehead atoms. The topological polar surface area (TPSA) is 59.2 Å². The van der Waals surface area contributed by atoms with Crippen LogP contribution in [0, 0.1) is 12.7 Å². The Bertz CT molecular complexity index is 733. The molecular weight excluding hydrogens is 290 g/mol. The lowest BCUT2D eigenvalue weighted by Crippen LogP contribution is -2.28. The van der Waals surface area contributed by atoms with Gasteiger partial charge in [0.2, 0.25) is 0 Å². The van der Waals surface area contributed by atoms with Crippen LogP contribution in [0.25, 0.3) is 10.9 Å². The molecule has 0 atom stereocenters. The van der Waals surface area contributed by atoms with Gasteiger partial charge in [-0.1, -0.05) is 0 Å². The number of halogens is 4. The number of H-pyrrole nitrogens is 1. The van der Waals surface area contributed by atoms with E-state index in [1.165, 1.54) is 6.07 Å². The second-order valence-corrected chi connectivity index (χ2v) is 5.34. The Morgan fingerprint density at radius 2 is 1.84 bits per heavy atom. The van der Waals surface area contributed by atoms with Crippen LogP contribution >= 0.6 is 0 Å². The van der Waals surface area contributed by atoms with Crippen LogP contribution in [0.3, 0.4) is 0 Å². The number of benzene rings is 1. The molecule has 0 radical (unpaired) electrons.